The fourth-order valence-corrected chi connectivity index (χ4v) is 5.45. The normalized spacial score (nSPS) is 25.6. The Morgan fingerprint density at radius 1 is 1.24 bits per heavy atom. The number of aryl methyl sites for hydroxylation is 1. The molecule has 3 atom stereocenters. The predicted octanol–water partition coefficient (Wildman–Crippen LogP) is 3.87. The summed E-state index contributed by atoms with van der Waals surface area (Å²) < 4.78 is 16.9. The Morgan fingerprint density at radius 3 is 2.85 bits per heavy atom. The Balaban J connectivity index is 1.19. The summed E-state index contributed by atoms with van der Waals surface area (Å²) in [5.74, 6) is 1.45. The number of hydrogen-bond acceptors (Lipinski definition) is 5. The van der Waals surface area contributed by atoms with Crippen molar-refractivity contribution >= 4 is 11.9 Å². The minimum atomic E-state index is -0.490. The number of nitrogens with one attached hydrogen (secondary N) is 1. The lowest BCUT2D eigenvalue weighted by Crippen LogP contribution is -2.37. The van der Waals surface area contributed by atoms with Crippen LogP contribution in [0.5, 0.6) is 11.5 Å². The molecule has 2 aliphatic heterocycles. The van der Waals surface area contributed by atoms with E-state index in [1.807, 2.05) is 42.5 Å². The van der Waals surface area contributed by atoms with Crippen LogP contribution >= 0.6 is 0 Å². The topological polar surface area (TPSA) is 73.9 Å². The second-order valence-electron chi connectivity index (χ2n) is 9.39. The molecule has 1 unspecified atom stereocenters. The molecule has 1 saturated carbocycles. The zero-order chi connectivity index (χ0) is 23.0. The number of allylic oxidation sites excluding steroid dienone is 1. The minimum absolute atomic E-state index is 0.100. The largest absolute Gasteiger partial charge is 0.493 e. The molecule has 172 valence electrons. The molecule has 33 heavy (non-hydrogen) atoms. The summed E-state index contributed by atoms with van der Waals surface area (Å²) >= 11 is 0. The first kappa shape index (κ1) is 21.6. The van der Waals surface area contributed by atoms with Gasteiger partial charge in [0.1, 0.15) is 6.10 Å². The van der Waals surface area contributed by atoms with E-state index in [0.29, 0.717) is 31.6 Å². The molecule has 5 rings (SSSR count). The van der Waals surface area contributed by atoms with Crippen LogP contribution in [-0.4, -0.2) is 38.2 Å². The number of amides is 1. The molecule has 6 nitrogen and oxygen atoms in total. The Bertz CT molecular complexity index is 1080. The molecular formula is C27H29NO5. The van der Waals surface area contributed by atoms with Crippen molar-refractivity contribution in [3.8, 4) is 11.5 Å². The predicted molar refractivity (Wildman–Crippen MR) is 123 cm³/mol. The maximum Gasteiger partial charge on any atom is 0.313 e. The van der Waals surface area contributed by atoms with Gasteiger partial charge in [0.25, 0.3) is 5.91 Å². The molecule has 2 aromatic carbocycles. The quantitative estimate of drug-likeness (QED) is 0.538. The molecule has 2 fully saturated rings. The number of cyclic esters (lactones) is 1. The first-order valence-electron chi connectivity index (χ1n) is 11.5. The van der Waals surface area contributed by atoms with Crippen LogP contribution in [0.3, 0.4) is 0 Å². The van der Waals surface area contributed by atoms with Crippen molar-refractivity contribution in [3.63, 3.8) is 0 Å². The van der Waals surface area contributed by atoms with Crippen molar-refractivity contribution in [2.45, 2.75) is 38.2 Å². The lowest BCUT2D eigenvalue weighted by atomic mass is 9.75. The first-order valence-corrected chi connectivity index (χ1v) is 11.5. The van der Waals surface area contributed by atoms with Gasteiger partial charge in [-0.05, 0) is 61.4 Å². The number of carbonyl (C=O) groups excluding carboxylic acids is 2. The summed E-state index contributed by atoms with van der Waals surface area (Å²) in [6.07, 6.45) is 3.79. The van der Waals surface area contributed by atoms with Crippen molar-refractivity contribution in [1.82, 2.24) is 5.32 Å². The lowest BCUT2D eigenvalue weighted by Gasteiger charge is -2.27. The fourth-order valence-electron chi connectivity index (χ4n) is 5.45. The summed E-state index contributed by atoms with van der Waals surface area (Å²) in [5.41, 5.74) is 3.39. The fraction of sp³-hybridized carbons (Fsp3) is 0.407. The summed E-state index contributed by atoms with van der Waals surface area (Å²) in [4.78, 5) is 25.2. The number of hydrogen-bond donors (Lipinski definition) is 1. The van der Waals surface area contributed by atoms with E-state index in [1.165, 1.54) is 0 Å². The van der Waals surface area contributed by atoms with Crippen molar-refractivity contribution in [2.75, 3.05) is 20.3 Å². The Labute approximate surface area is 193 Å². The van der Waals surface area contributed by atoms with E-state index in [1.54, 1.807) is 7.11 Å². The number of methoxy groups -OCH3 is 1. The number of ether oxygens (including phenoxy) is 3. The second kappa shape index (κ2) is 8.58. The molecule has 2 aromatic rings. The zero-order valence-corrected chi connectivity index (χ0v) is 18.9. The van der Waals surface area contributed by atoms with Crippen LogP contribution in [0.25, 0.3) is 0 Å². The van der Waals surface area contributed by atoms with Gasteiger partial charge in [0.05, 0.1) is 25.7 Å². The van der Waals surface area contributed by atoms with E-state index < -0.39 is 5.41 Å². The number of rotatable bonds is 6. The molecular weight excluding hydrogens is 418 g/mol. The van der Waals surface area contributed by atoms with Crippen LogP contribution in [0.2, 0.25) is 0 Å². The molecule has 1 N–H and O–H groups in total. The SMILES string of the molecule is C=C1C[C@@H]2COC(=O)[C@]2(Cc2ccc(C(=O)NCC3CCc4cccc(OC)c4O3)cc2)C1. The van der Waals surface area contributed by atoms with Crippen molar-refractivity contribution in [3.05, 3.63) is 71.3 Å². The van der Waals surface area contributed by atoms with Crippen molar-refractivity contribution < 1.29 is 23.8 Å². The van der Waals surface area contributed by atoms with Gasteiger partial charge in [-0.3, -0.25) is 9.59 Å². The minimum Gasteiger partial charge on any atom is -0.493 e. The van der Waals surface area contributed by atoms with Gasteiger partial charge in [0, 0.05) is 11.5 Å². The van der Waals surface area contributed by atoms with E-state index in [2.05, 4.69) is 11.9 Å². The number of fused-ring (bicyclic) bond motifs is 2. The van der Waals surface area contributed by atoms with Crippen LogP contribution in [0.1, 0.15) is 40.7 Å². The Morgan fingerprint density at radius 2 is 2.06 bits per heavy atom. The van der Waals surface area contributed by atoms with Gasteiger partial charge in [-0.2, -0.15) is 0 Å². The van der Waals surface area contributed by atoms with Crippen LogP contribution in [0.4, 0.5) is 0 Å². The molecule has 0 spiro atoms. The van der Waals surface area contributed by atoms with Gasteiger partial charge in [-0.25, -0.2) is 0 Å². The van der Waals surface area contributed by atoms with Gasteiger partial charge in [-0.15, -0.1) is 0 Å². The highest BCUT2D eigenvalue weighted by atomic mass is 16.5. The van der Waals surface area contributed by atoms with Crippen LogP contribution in [0.15, 0.2) is 54.6 Å². The van der Waals surface area contributed by atoms with E-state index >= 15 is 0 Å². The molecule has 1 saturated heterocycles. The van der Waals surface area contributed by atoms with Gasteiger partial charge < -0.3 is 19.5 Å². The van der Waals surface area contributed by atoms with Gasteiger partial charge >= 0.3 is 5.97 Å². The van der Waals surface area contributed by atoms with Gasteiger partial charge in [0.2, 0.25) is 0 Å². The van der Waals surface area contributed by atoms with Crippen LogP contribution < -0.4 is 14.8 Å². The van der Waals surface area contributed by atoms with E-state index in [0.717, 1.165) is 47.5 Å². The molecule has 1 aliphatic carbocycles. The average molecular weight is 448 g/mol. The molecule has 2 heterocycles. The van der Waals surface area contributed by atoms with Crippen LogP contribution in [0, 0.1) is 11.3 Å². The molecule has 0 radical (unpaired) electrons. The third kappa shape index (κ3) is 3.99. The van der Waals surface area contributed by atoms with Crippen LogP contribution in [-0.2, 0) is 22.4 Å². The summed E-state index contributed by atoms with van der Waals surface area (Å²) in [6.45, 7) is 5.01. The van der Waals surface area contributed by atoms with E-state index in [4.69, 9.17) is 14.2 Å². The maximum absolute atomic E-state index is 12.7. The number of benzene rings is 2. The maximum atomic E-state index is 12.7. The van der Waals surface area contributed by atoms with Crippen molar-refractivity contribution in [2.24, 2.45) is 11.3 Å². The van der Waals surface area contributed by atoms with Gasteiger partial charge in [-0.1, -0.05) is 36.4 Å². The molecule has 3 aliphatic rings. The lowest BCUT2D eigenvalue weighted by molar-refractivity contribution is -0.146. The van der Waals surface area contributed by atoms with E-state index in [-0.39, 0.29) is 23.9 Å². The molecule has 1 amide bonds. The zero-order valence-electron chi connectivity index (χ0n) is 18.9. The summed E-state index contributed by atoms with van der Waals surface area (Å²) in [5, 5.41) is 2.99. The molecule has 0 aromatic heterocycles. The molecule has 0 bridgehead atoms. The smallest absolute Gasteiger partial charge is 0.313 e. The molecule has 6 heteroatoms. The number of esters is 1. The van der Waals surface area contributed by atoms with Gasteiger partial charge in [0.15, 0.2) is 11.5 Å². The Hall–Kier alpha value is -3.28. The monoisotopic (exact) mass is 447 g/mol. The second-order valence-corrected chi connectivity index (χ2v) is 9.39. The number of carbonyl (C=O) groups is 2. The highest BCUT2D eigenvalue weighted by Crippen LogP contribution is 2.52. The summed E-state index contributed by atoms with van der Waals surface area (Å²) in [7, 11) is 1.63. The average Bonchev–Trinajstić information content (AvgIpc) is 3.30. The third-order valence-corrected chi connectivity index (χ3v) is 7.23. The third-order valence-electron chi connectivity index (χ3n) is 7.23. The number of para-hydroxylation sites is 1. The highest BCUT2D eigenvalue weighted by Gasteiger charge is 2.55. The highest BCUT2D eigenvalue weighted by molar-refractivity contribution is 5.94. The van der Waals surface area contributed by atoms with Crippen molar-refractivity contribution in [1.29, 1.82) is 0 Å². The Kier molecular flexibility index (Phi) is 5.60. The first-order chi connectivity index (χ1) is 16.0. The standard InChI is InChI=1S/C27H29NO5/c1-17-12-21-16-32-26(30)27(21,13-17)14-18-6-8-20(9-7-18)25(29)28-15-22-11-10-19-4-3-5-23(31-2)24(19)33-22/h3-9,21-22H,1,10-16H2,2H3,(H,28,29)/t21-,22?,27+/m1/s1. The summed E-state index contributed by atoms with van der Waals surface area (Å²) in [6, 6.07) is 13.4. The van der Waals surface area contributed by atoms with E-state index in [9.17, 15) is 9.59 Å².